The summed E-state index contributed by atoms with van der Waals surface area (Å²) in [5.41, 5.74) is 1.18. The first-order valence-corrected chi connectivity index (χ1v) is 9.87. The zero-order valence-corrected chi connectivity index (χ0v) is 15.9. The second kappa shape index (κ2) is 7.72. The number of sulfonamides is 1. The van der Waals surface area contributed by atoms with Crippen LogP contribution in [0.15, 0.2) is 92.6 Å². The molecular formula is C19H14BrN2O3S-. The van der Waals surface area contributed by atoms with E-state index >= 15 is 0 Å². The van der Waals surface area contributed by atoms with Crippen LogP contribution in [0.25, 0.3) is 0 Å². The average Bonchev–Trinajstić information content (AvgIpc) is 2.64. The van der Waals surface area contributed by atoms with Gasteiger partial charge in [0.05, 0.1) is 4.90 Å². The number of benzene rings is 3. The zero-order chi connectivity index (χ0) is 18.6. The van der Waals surface area contributed by atoms with Gasteiger partial charge in [-0.1, -0.05) is 58.4 Å². The summed E-state index contributed by atoms with van der Waals surface area (Å²) in [7, 11) is -3.91. The van der Waals surface area contributed by atoms with Gasteiger partial charge in [0.15, 0.2) is 5.84 Å². The molecule has 0 radical (unpaired) electrons. The highest BCUT2D eigenvalue weighted by atomic mass is 79.9. The molecule has 0 aliphatic heterocycles. The average molecular weight is 430 g/mol. The Morgan fingerprint density at radius 2 is 1.50 bits per heavy atom. The summed E-state index contributed by atoms with van der Waals surface area (Å²) in [6.45, 7) is 0. The van der Waals surface area contributed by atoms with E-state index in [1.54, 1.807) is 48.5 Å². The molecule has 1 N–H and O–H groups in total. The first-order chi connectivity index (χ1) is 12.4. The summed E-state index contributed by atoms with van der Waals surface area (Å²) >= 11 is 3.28. The maximum atomic E-state index is 12.7. The van der Waals surface area contributed by atoms with Crippen LogP contribution in [0.4, 0.5) is 5.69 Å². The van der Waals surface area contributed by atoms with Crippen molar-refractivity contribution in [3.8, 4) is 5.75 Å². The van der Waals surface area contributed by atoms with E-state index < -0.39 is 10.0 Å². The van der Waals surface area contributed by atoms with Crippen LogP contribution < -0.4 is 10.4 Å². The molecule has 5 nitrogen and oxygen atoms in total. The number of nitrogens with zero attached hydrogens (tertiary/aromatic N) is 1. The summed E-state index contributed by atoms with van der Waals surface area (Å²) in [6.07, 6.45) is 0. The SMILES string of the molecule is O=S(=O)(N=C(Nc1ccc([O-])cc1)c1ccccc1)c1ccc(Br)cc1. The van der Waals surface area contributed by atoms with Gasteiger partial charge in [0.2, 0.25) is 0 Å². The standard InChI is InChI=1S/C19H15BrN2O3S/c20-15-6-12-18(13-7-15)26(24,25)22-19(14-4-2-1-3-5-14)21-16-8-10-17(23)11-9-16/h1-13,23H,(H,21,22)/p-1. The number of anilines is 1. The zero-order valence-electron chi connectivity index (χ0n) is 13.5. The molecule has 26 heavy (non-hydrogen) atoms. The lowest BCUT2D eigenvalue weighted by Gasteiger charge is -2.12. The third-order valence-electron chi connectivity index (χ3n) is 3.49. The molecule has 3 rings (SSSR count). The summed E-state index contributed by atoms with van der Waals surface area (Å²) < 4.78 is 30.1. The van der Waals surface area contributed by atoms with Crippen molar-refractivity contribution in [2.75, 3.05) is 5.32 Å². The number of nitrogens with one attached hydrogen (secondary N) is 1. The van der Waals surface area contributed by atoms with Gasteiger partial charge in [-0.3, -0.25) is 0 Å². The number of halogens is 1. The molecule has 0 unspecified atom stereocenters. The molecule has 7 heteroatoms. The van der Waals surface area contributed by atoms with Crippen molar-refractivity contribution in [3.05, 3.63) is 88.9 Å². The highest BCUT2D eigenvalue weighted by Crippen LogP contribution is 2.19. The topological polar surface area (TPSA) is 81.6 Å². The van der Waals surface area contributed by atoms with E-state index in [-0.39, 0.29) is 16.5 Å². The van der Waals surface area contributed by atoms with Crippen LogP contribution in [0, 0.1) is 0 Å². The monoisotopic (exact) mass is 429 g/mol. The summed E-state index contributed by atoms with van der Waals surface area (Å²) in [4.78, 5) is 0.0887. The lowest BCUT2D eigenvalue weighted by molar-refractivity contribution is -0.268. The van der Waals surface area contributed by atoms with Gasteiger partial charge < -0.3 is 10.4 Å². The molecule has 3 aromatic rings. The summed E-state index contributed by atoms with van der Waals surface area (Å²) in [5.74, 6) is 0.0448. The fraction of sp³-hybridized carbons (Fsp3) is 0. The van der Waals surface area contributed by atoms with Crippen molar-refractivity contribution < 1.29 is 13.5 Å². The highest BCUT2D eigenvalue weighted by molar-refractivity contribution is 9.10. The number of rotatable bonds is 4. The van der Waals surface area contributed by atoms with Gasteiger partial charge in [0.1, 0.15) is 0 Å². The van der Waals surface area contributed by atoms with Gasteiger partial charge in [0.25, 0.3) is 10.0 Å². The van der Waals surface area contributed by atoms with Crippen LogP contribution in [-0.2, 0) is 10.0 Å². The highest BCUT2D eigenvalue weighted by Gasteiger charge is 2.15. The van der Waals surface area contributed by atoms with Crippen molar-refractivity contribution in [1.82, 2.24) is 0 Å². The van der Waals surface area contributed by atoms with E-state index in [1.165, 1.54) is 24.3 Å². The largest absolute Gasteiger partial charge is 0.872 e. The summed E-state index contributed by atoms with van der Waals surface area (Å²) in [6, 6.07) is 21.1. The Bertz CT molecular complexity index is 1020. The van der Waals surface area contributed by atoms with Crippen LogP contribution in [0.5, 0.6) is 5.75 Å². The normalized spacial score (nSPS) is 12.0. The summed E-state index contributed by atoms with van der Waals surface area (Å²) in [5, 5.41) is 14.2. The Labute approximate surface area is 160 Å². The van der Waals surface area contributed by atoms with Crippen LogP contribution in [0.1, 0.15) is 5.56 Å². The molecule has 0 saturated heterocycles. The molecule has 0 amide bonds. The first kappa shape index (κ1) is 18.2. The Morgan fingerprint density at radius 1 is 0.885 bits per heavy atom. The second-order valence-electron chi connectivity index (χ2n) is 5.38. The molecule has 0 heterocycles. The van der Waals surface area contributed by atoms with Crippen molar-refractivity contribution >= 4 is 37.5 Å². The minimum absolute atomic E-state index is 0.0887. The van der Waals surface area contributed by atoms with Crippen LogP contribution in [0.3, 0.4) is 0 Å². The molecule has 0 saturated carbocycles. The van der Waals surface area contributed by atoms with Crippen LogP contribution >= 0.6 is 15.9 Å². The first-order valence-electron chi connectivity index (χ1n) is 7.64. The van der Waals surface area contributed by atoms with Crippen LogP contribution in [0.2, 0.25) is 0 Å². The molecule has 0 fully saturated rings. The van der Waals surface area contributed by atoms with E-state index in [2.05, 4.69) is 25.6 Å². The lowest BCUT2D eigenvalue weighted by atomic mass is 10.2. The van der Waals surface area contributed by atoms with Gasteiger partial charge in [-0.15, -0.1) is 10.1 Å². The second-order valence-corrected chi connectivity index (χ2v) is 7.90. The van der Waals surface area contributed by atoms with E-state index in [4.69, 9.17) is 0 Å². The quantitative estimate of drug-likeness (QED) is 0.505. The fourth-order valence-corrected chi connectivity index (χ4v) is 3.44. The van der Waals surface area contributed by atoms with Gasteiger partial charge >= 0.3 is 0 Å². The molecule has 0 atom stereocenters. The molecule has 0 spiro atoms. The van der Waals surface area contributed by atoms with E-state index in [0.717, 1.165) is 4.47 Å². The Morgan fingerprint density at radius 3 is 2.12 bits per heavy atom. The van der Waals surface area contributed by atoms with Gasteiger partial charge in [-0.05, 0) is 36.4 Å². The van der Waals surface area contributed by atoms with E-state index in [0.29, 0.717) is 11.3 Å². The molecule has 0 aliphatic carbocycles. The molecule has 0 bridgehead atoms. The number of amidine groups is 1. The van der Waals surface area contributed by atoms with E-state index in [1.807, 2.05) is 6.07 Å². The molecular weight excluding hydrogens is 416 g/mol. The Hall–Kier alpha value is -2.64. The predicted octanol–water partition coefficient (Wildman–Crippen LogP) is 3.77. The third-order valence-corrected chi connectivity index (χ3v) is 5.31. The lowest BCUT2D eigenvalue weighted by Crippen LogP contribution is -2.16. The van der Waals surface area contributed by atoms with Crippen molar-refractivity contribution in [2.24, 2.45) is 4.40 Å². The maximum Gasteiger partial charge on any atom is 0.284 e. The van der Waals surface area contributed by atoms with Crippen LogP contribution in [-0.4, -0.2) is 14.3 Å². The third kappa shape index (κ3) is 4.50. The smallest absolute Gasteiger partial charge is 0.284 e. The minimum Gasteiger partial charge on any atom is -0.872 e. The fourth-order valence-electron chi connectivity index (χ4n) is 2.20. The Balaban J connectivity index is 2.03. The molecule has 3 aromatic carbocycles. The van der Waals surface area contributed by atoms with Crippen molar-refractivity contribution in [3.63, 3.8) is 0 Å². The molecule has 0 aromatic heterocycles. The minimum atomic E-state index is -3.91. The predicted molar refractivity (Wildman–Crippen MR) is 104 cm³/mol. The Kier molecular flexibility index (Phi) is 5.39. The van der Waals surface area contributed by atoms with E-state index in [9.17, 15) is 13.5 Å². The van der Waals surface area contributed by atoms with Crippen molar-refractivity contribution in [2.45, 2.75) is 4.90 Å². The molecule has 0 aliphatic rings. The maximum absolute atomic E-state index is 12.7. The molecule has 132 valence electrons. The number of hydrogen-bond donors (Lipinski definition) is 1. The van der Waals surface area contributed by atoms with Crippen molar-refractivity contribution in [1.29, 1.82) is 0 Å². The van der Waals surface area contributed by atoms with Gasteiger partial charge in [-0.25, -0.2) is 0 Å². The number of hydrogen-bond acceptors (Lipinski definition) is 3. The van der Waals surface area contributed by atoms with Gasteiger partial charge in [-0.2, -0.15) is 8.42 Å². The van der Waals surface area contributed by atoms with Gasteiger partial charge in [0, 0.05) is 15.7 Å².